The molecule has 0 aliphatic heterocycles. The fraction of sp³-hybridized carbons (Fsp3) is 0.211. The fourth-order valence-electron chi connectivity index (χ4n) is 2.29. The number of thioether (sulfide) groups is 1. The second kappa shape index (κ2) is 7.53. The van der Waals surface area contributed by atoms with Crippen LogP contribution < -0.4 is 0 Å². The van der Waals surface area contributed by atoms with E-state index in [2.05, 4.69) is 10.2 Å². The minimum Gasteiger partial charge on any atom is -0.411 e. The van der Waals surface area contributed by atoms with Crippen LogP contribution >= 0.6 is 11.8 Å². The van der Waals surface area contributed by atoms with E-state index in [-0.39, 0.29) is 5.91 Å². The topological polar surface area (TPSA) is 59.2 Å². The van der Waals surface area contributed by atoms with Crippen LogP contribution in [0.1, 0.15) is 16.4 Å². The van der Waals surface area contributed by atoms with Gasteiger partial charge in [0.2, 0.25) is 11.8 Å². The van der Waals surface area contributed by atoms with E-state index in [9.17, 15) is 4.79 Å². The first-order chi connectivity index (χ1) is 12.0. The molecule has 1 amide bonds. The van der Waals surface area contributed by atoms with Gasteiger partial charge in [-0.25, -0.2) is 0 Å². The van der Waals surface area contributed by atoms with E-state index < -0.39 is 5.25 Å². The Morgan fingerprint density at radius 3 is 2.36 bits per heavy atom. The Morgan fingerprint density at radius 1 is 1.04 bits per heavy atom. The van der Waals surface area contributed by atoms with Gasteiger partial charge in [-0.05, 0) is 36.4 Å². The zero-order valence-electron chi connectivity index (χ0n) is 14.3. The third-order valence-electron chi connectivity index (χ3n) is 3.69. The third-order valence-corrected chi connectivity index (χ3v) is 4.77. The molecule has 0 bridgehead atoms. The molecule has 0 saturated heterocycles. The van der Waals surface area contributed by atoms with Gasteiger partial charge < -0.3 is 9.32 Å². The highest BCUT2D eigenvalue weighted by Gasteiger charge is 2.26. The molecule has 0 radical (unpaired) electrons. The van der Waals surface area contributed by atoms with E-state index in [0.29, 0.717) is 11.1 Å². The number of rotatable bonds is 5. The summed E-state index contributed by atoms with van der Waals surface area (Å²) in [6, 6.07) is 17.5. The number of hydrogen-bond acceptors (Lipinski definition) is 5. The van der Waals surface area contributed by atoms with Gasteiger partial charge in [-0.2, -0.15) is 0 Å². The summed E-state index contributed by atoms with van der Waals surface area (Å²) in [6.45, 7) is 2.02. The van der Waals surface area contributed by atoms with E-state index in [1.807, 2.05) is 61.5 Å². The number of benzene rings is 2. The summed E-state index contributed by atoms with van der Waals surface area (Å²) in [5.41, 5.74) is 2.93. The average Bonchev–Trinajstić information content (AvgIpc) is 3.09. The Balaban J connectivity index is 1.85. The molecule has 3 rings (SSSR count). The summed E-state index contributed by atoms with van der Waals surface area (Å²) in [4.78, 5) is 14.1. The minimum atomic E-state index is -0.428. The predicted octanol–water partition coefficient (Wildman–Crippen LogP) is 3.97. The maximum Gasteiger partial charge on any atom is 0.277 e. The summed E-state index contributed by atoms with van der Waals surface area (Å²) < 4.78 is 5.76. The summed E-state index contributed by atoms with van der Waals surface area (Å²) in [6.07, 6.45) is 0. The Morgan fingerprint density at radius 2 is 1.72 bits per heavy atom. The van der Waals surface area contributed by atoms with E-state index in [1.165, 1.54) is 17.3 Å². The molecule has 5 nitrogen and oxygen atoms in total. The smallest absolute Gasteiger partial charge is 0.277 e. The number of carbonyl (C=O) groups excluding carboxylic acids is 1. The largest absolute Gasteiger partial charge is 0.411 e. The summed E-state index contributed by atoms with van der Waals surface area (Å²) in [5.74, 6) is 0.429. The van der Waals surface area contributed by atoms with Crippen molar-refractivity contribution in [3.8, 4) is 11.5 Å². The van der Waals surface area contributed by atoms with Crippen molar-refractivity contribution in [1.82, 2.24) is 15.1 Å². The Kier molecular flexibility index (Phi) is 5.19. The second-order valence-corrected chi connectivity index (χ2v) is 6.94. The number of likely N-dealkylation sites (N-methyl/N-ethyl adjacent to an activating group) is 1. The molecule has 0 unspecified atom stereocenters. The van der Waals surface area contributed by atoms with Crippen molar-refractivity contribution >= 4 is 17.7 Å². The molecular weight excluding hydrogens is 334 g/mol. The molecule has 1 aromatic heterocycles. The number of amides is 1. The number of aromatic nitrogens is 2. The van der Waals surface area contributed by atoms with Crippen LogP contribution in [0.15, 0.2) is 64.2 Å². The lowest BCUT2D eigenvalue weighted by Crippen LogP contribution is -2.26. The first-order valence-corrected chi connectivity index (χ1v) is 8.76. The average molecular weight is 353 g/mol. The molecule has 1 heterocycles. The minimum absolute atomic E-state index is 0.0220. The van der Waals surface area contributed by atoms with Crippen LogP contribution in [0.5, 0.6) is 0 Å². The SMILES string of the molecule is Cc1ccc(-c2nnc(S[C@@H](C(=O)N(C)C)c3ccccc3)o2)cc1. The highest BCUT2D eigenvalue weighted by molar-refractivity contribution is 8.00. The maximum absolute atomic E-state index is 12.6. The van der Waals surface area contributed by atoms with Crippen molar-refractivity contribution < 1.29 is 9.21 Å². The maximum atomic E-state index is 12.6. The number of nitrogens with zero attached hydrogens (tertiary/aromatic N) is 3. The highest BCUT2D eigenvalue weighted by atomic mass is 32.2. The summed E-state index contributed by atoms with van der Waals surface area (Å²) in [7, 11) is 3.48. The van der Waals surface area contributed by atoms with E-state index in [0.717, 1.165) is 11.1 Å². The van der Waals surface area contributed by atoms with Crippen LogP contribution in [0.2, 0.25) is 0 Å². The number of hydrogen-bond donors (Lipinski definition) is 0. The zero-order valence-corrected chi connectivity index (χ0v) is 15.2. The number of carbonyl (C=O) groups is 1. The van der Waals surface area contributed by atoms with Crippen LogP contribution in [0.4, 0.5) is 0 Å². The van der Waals surface area contributed by atoms with Crippen molar-refractivity contribution in [2.75, 3.05) is 14.1 Å². The molecule has 0 fully saturated rings. The lowest BCUT2D eigenvalue weighted by molar-refractivity contribution is -0.128. The fourth-order valence-corrected chi connectivity index (χ4v) is 3.32. The Hall–Kier alpha value is -2.60. The third kappa shape index (κ3) is 4.09. The van der Waals surface area contributed by atoms with Crippen molar-refractivity contribution in [2.45, 2.75) is 17.4 Å². The second-order valence-electron chi connectivity index (χ2n) is 5.88. The van der Waals surface area contributed by atoms with Gasteiger partial charge in [-0.1, -0.05) is 48.0 Å². The molecular formula is C19H19N3O2S. The normalized spacial score (nSPS) is 12.0. The van der Waals surface area contributed by atoms with Crippen molar-refractivity contribution in [1.29, 1.82) is 0 Å². The van der Waals surface area contributed by atoms with Gasteiger partial charge in [0.15, 0.2) is 0 Å². The van der Waals surface area contributed by atoms with Gasteiger partial charge in [0.25, 0.3) is 5.22 Å². The molecule has 0 aliphatic carbocycles. The Labute approximate surface area is 151 Å². The van der Waals surface area contributed by atoms with Gasteiger partial charge in [0.1, 0.15) is 5.25 Å². The number of aryl methyl sites for hydroxylation is 1. The first-order valence-electron chi connectivity index (χ1n) is 7.88. The molecule has 0 N–H and O–H groups in total. The van der Waals surface area contributed by atoms with E-state index in [4.69, 9.17) is 4.42 Å². The lowest BCUT2D eigenvalue weighted by Gasteiger charge is -2.18. The molecule has 0 saturated carbocycles. The van der Waals surface area contributed by atoms with Gasteiger partial charge >= 0.3 is 0 Å². The molecule has 1 atom stereocenters. The van der Waals surface area contributed by atoms with Crippen LogP contribution in [0.3, 0.4) is 0 Å². The van der Waals surface area contributed by atoms with E-state index in [1.54, 1.807) is 19.0 Å². The summed E-state index contributed by atoms with van der Waals surface area (Å²) in [5, 5.41) is 8.15. The zero-order chi connectivity index (χ0) is 17.8. The van der Waals surface area contributed by atoms with E-state index >= 15 is 0 Å². The molecule has 25 heavy (non-hydrogen) atoms. The summed E-state index contributed by atoms with van der Waals surface area (Å²) >= 11 is 1.27. The van der Waals surface area contributed by atoms with Crippen molar-refractivity contribution in [2.24, 2.45) is 0 Å². The molecule has 3 aromatic rings. The van der Waals surface area contributed by atoms with Crippen LogP contribution in [-0.4, -0.2) is 35.1 Å². The van der Waals surface area contributed by atoms with Gasteiger partial charge in [-0.3, -0.25) is 4.79 Å². The van der Waals surface area contributed by atoms with Gasteiger partial charge in [0.05, 0.1) is 0 Å². The Bertz CT molecular complexity index is 845. The molecule has 6 heteroatoms. The molecule has 0 spiro atoms. The van der Waals surface area contributed by atoms with Crippen LogP contribution in [-0.2, 0) is 4.79 Å². The standard InChI is InChI=1S/C19H19N3O2S/c1-13-9-11-15(12-10-13)17-20-21-19(24-17)25-16(18(23)22(2)3)14-7-5-4-6-8-14/h4-12,16H,1-3H3/t16-/m1/s1. The highest BCUT2D eigenvalue weighted by Crippen LogP contribution is 2.36. The quantitative estimate of drug-likeness (QED) is 0.650. The molecule has 0 aliphatic rings. The van der Waals surface area contributed by atoms with Gasteiger partial charge in [0, 0.05) is 19.7 Å². The van der Waals surface area contributed by atoms with Crippen LogP contribution in [0.25, 0.3) is 11.5 Å². The van der Waals surface area contributed by atoms with Crippen LogP contribution in [0, 0.1) is 6.92 Å². The van der Waals surface area contributed by atoms with Crippen molar-refractivity contribution in [3.05, 3.63) is 65.7 Å². The first kappa shape index (κ1) is 17.2. The predicted molar refractivity (Wildman–Crippen MR) is 98.2 cm³/mol. The van der Waals surface area contributed by atoms with Gasteiger partial charge in [-0.15, -0.1) is 10.2 Å². The molecule has 128 valence electrons. The lowest BCUT2D eigenvalue weighted by atomic mass is 10.1. The monoisotopic (exact) mass is 353 g/mol. The van der Waals surface area contributed by atoms with Crippen molar-refractivity contribution in [3.63, 3.8) is 0 Å². The molecule has 2 aromatic carbocycles.